The number of hydrogen-bond acceptors (Lipinski definition) is 7. The molecule has 0 aliphatic rings. The van der Waals surface area contributed by atoms with Crippen LogP contribution in [0.15, 0.2) is 22.1 Å². The fourth-order valence-electron chi connectivity index (χ4n) is 3.45. The van der Waals surface area contributed by atoms with Crippen LogP contribution in [0.5, 0.6) is 5.75 Å². The van der Waals surface area contributed by atoms with E-state index in [0.29, 0.717) is 16.8 Å². The van der Waals surface area contributed by atoms with Crippen LogP contribution < -0.4 is 11.5 Å². The lowest BCUT2D eigenvalue weighted by Gasteiger charge is -2.12. The summed E-state index contributed by atoms with van der Waals surface area (Å²) in [7, 11) is 2.62. The van der Waals surface area contributed by atoms with Gasteiger partial charge in [-0.3, -0.25) is 0 Å². The van der Waals surface area contributed by atoms with Gasteiger partial charge >= 0.3 is 11.9 Å². The highest BCUT2D eigenvalue weighted by Crippen LogP contribution is 2.33. The van der Waals surface area contributed by atoms with Crippen molar-refractivity contribution in [2.24, 2.45) is 21.5 Å². The van der Waals surface area contributed by atoms with Gasteiger partial charge in [0.25, 0.3) is 0 Å². The van der Waals surface area contributed by atoms with Crippen molar-refractivity contribution in [2.45, 2.75) is 34.6 Å². The maximum atomic E-state index is 11.6. The predicted molar refractivity (Wildman–Crippen MR) is 126 cm³/mol. The van der Waals surface area contributed by atoms with Gasteiger partial charge in [-0.15, -0.1) is 0 Å². The van der Waals surface area contributed by atoms with E-state index < -0.39 is 5.97 Å². The minimum absolute atomic E-state index is 0.113. The molecule has 5 N–H and O–H groups in total. The number of nitrogens with zero attached hydrogens (tertiary/aromatic N) is 2. The summed E-state index contributed by atoms with van der Waals surface area (Å²) >= 11 is 0. The molecule has 0 aliphatic heterocycles. The number of aryl methyl sites for hydroxylation is 3. The van der Waals surface area contributed by atoms with Gasteiger partial charge in [-0.05, 0) is 68.5 Å². The van der Waals surface area contributed by atoms with Gasteiger partial charge in [0.05, 0.1) is 43.8 Å². The van der Waals surface area contributed by atoms with E-state index in [4.69, 9.17) is 16.2 Å². The Bertz CT molecular complexity index is 990. The monoisotopic (exact) mass is 442 g/mol. The molecule has 2 rings (SSSR count). The molecule has 172 valence electrons. The zero-order valence-electron chi connectivity index (χ0n) is 19.4. The summed E-state index contributed by atoms with van der Waals surface area (Å²) in [6, 6.07) is 3.36. The number of hydrogen-bond donors (Lipinski definition) is 3. The minimum atomic E-state index is -0.594. The van der Waals surface area contributed by atoms with E-state index in [1.807, 2.05) is 26.8 Å². The lowest BCUT2D eigenvalue weighted by atomic mass is 9.97. The fraction of sp³-hybridized carbons (Fsp3) is 0.304. The minimum Gasteiger partial charge on any atom is -0.507 e. The van der Waals surface area contributed by atoms with Gasteiger partial charge in [0.15, 0.2) is 0 Å². The number of rotatable bonds is 4. The molecule has 0 radical (unpaired) electrons. The number of aliphatic imine (C=N–C) groups is 2. The van der Waals surface area contributed by atoms with Gasteiger partial charge in [-0.25, -0.2) is 19.6 Å². The number of methoxy groups -OCH3 is 2. The molecule has 0 aromatic heterocycles. The summed E-state index contributed by atoms with van der Waals surface area (Å²) in [6.45, 7) is 9.11. The third kappa shape index (κ3) is 5.63. The largest absolute Gasteiger partial charge is 0.507 e. The number of carbonyl (C=O) groups excluding carboxylic acids is 2. The van der Waals surface area contributed by atoms with Crippen LogP contribution in [0.2, 0.25) is 0 Å². The molecule has 0 unspecified atom stereocenters. The first-order chi connectivity index (χ1) is 15.0. The summed E-state index contributed by atoms with van der Waals surface area (Å²) in [4.78, 5) is 31.1. The molecule has 0 aliphatic carbocycles. The van der Waals surface area contributed by atoms with E-state index in [1.54, 1.807) is 13.8 Å². The molecule has 9 heteroatoms. The second kappa shape index (κ2) is 11.5. The van der Waals surface area contributed by atoms with Crippen LogP contribution in [0.3, 0.4) is 0 Å². The highest BCUT2D eigenvalue weighted by molar-refractivity contribution is 5.96. The quantitative estimate of drug-likeness (QED) is 0.373. The second-order valence-corrected chi connectivity index (χ2v) is 6.96. The molecule has 2 aromatic rings. The molecule has 0 spiro atoms. The summed E-state index contributed by atoms with van der Waals surface area (Å²) in [5, 5.41) is 9.68. The average Bonchev–Trinajstić information content (AvgIpc) is 2.73. The van der Waals surface area contributed by atoms with Gasteiger partial charge in [0, 0.05) is 0 Å². The zero-order chi connectivity index (χ0) is 24.6. The standard InChI is InChI=1S/C12H16N2O2.C11H14N2O3/c1-7-5-8(2)11(14-6-13)9(3)10(7)12(15)16-4;1-6-4-8(14)9(11(15)16-3)7(2)10(6)13-5-12/h5-6H,1-4H3,(H2,13,14);4-5,14H,1-3H3,(H2,12,13). The Hall–Kier alpha value is -3.88. The van der Waals surface area contributed by atoms with Crippen molar-refractivity contribution in [3.05, 3.63) is 51.1 Å². The Balaban J connectivity index is 0.000000320. The van der Waals surface area contributed by atoms with Crippen LogP contribution >= 0.6 is 0 Å². The number of aromatic hydroxyl groups is 1. The molecular formula is C23H30N4O5. The van der Waals surface area contributed by atoms with Gasteiger partial charge in [0.2, 0.25) is 0 Å². The first kappa shape index (κ1) is 26.2. The van der Waals surface area contributed by atoms with Gasteiger partial charge in [-0.2, -0.15) is 0 Å². The smallest absolute Gasteiger partial charge is 0.341 e. The Labute approximate surface area is 187 Å². The number of esters is 2. The van der Waals surface area contributed by atoms with Gasteiger partial charge in [0.1, 0.15) is 11.3 Å². The number of nitrogens with two attached hydrogens (primary N) is 2. The maximum absolute atomic E-state index is 11.6. The Morgan fingerprint density at radius 2 is 1.19 bits per heavy atom. The lowest BCUT2D eigenvalue weighted by molar-refractivity contribution is 0.0588. The summed E-state index contributed by atoms with van der Waals surface area (Å²) < 4.78 is 9.34. The Kier molecular flexibility index (Phi) is 9.40. The van der Waals surface area contributed by atoms with Crippen molar-refractivity contribution in [2.75, 3.05) is 14.2 Å². The highest BCUT2D eigenvalue weighted by Gasteiger charge is 2.19. The van der Waals surface area contributed by atoms with Crippen LogP contribution in [0.4, 0.5) is 11.4 Å². The molecular weight excluding hydrogens is 412 g/mol. The van der Waals surface area contributed by atoms with E-state index >= 15 is 0 Å². The van der Waals surface area contributed by atoms with Crippen molar-refractivity contribution in [1.82, 2.24) is 0 Å². The highest BCUT2D eigenvalue weighted by atomic mass is 16.5. The number of phenols is 1. The Morgan fingerprint density at radius 3 is 1.62 bits per heavy atom. The van der Waals surface area contributed by atoms with E-state index in [-0.39, 0.29) is 17.3 Å². The molecule has 0 atom stereocenters. The summed E-state index contributed by atoms with van der Waals surface area (Å²) in [5.41, 5.74) is 16.5. The van der Waals surface area contributed by atoms with Crippen LogP contribution in [-0.2, 0) is 9.47 Å². The molecule has 0 heterocycles. The van der Waals surface area contributed by atoms with Crippen molar-refractivity contribution in [3.8, 4) is 5.75 Å². The maximum Gasteiger partial charge on any atom is 0.341 e. The lowest BCUT2D eigenvalue weighted by Crippen LogP contribution is -2.07. The molecule has 32 heavy (non-hydrogen) atoms. The van der Waals surface area contributed by atoms with Crippen LogP contribution in [-0.4, -0.2) is 43.9 Å². The van der Waals surface area contributed by atoms with Crippen molar-refractivity contribution in [3.63, 3.8) is 0 Å². The molecule has 0 saturated heterocycles. The van der Waals surface area contributed by atoms with Crippen molar-refractivity contribution in [1.29, 1.82) is 0 Å². The second-order valence-electron chi connectivity index (χ2n) is 6.96. The van der Waals surface area contributed by atoms with E-state index in [1.165, 1.54) is 26.6 Å². The van der Waals surface area contributed by atoms with Gasteiger partial charge < -0.3 is 26.0 Å². The fourth-order valence-corrected chi connectivity index (χ4v) is 3.45. The topological polar surface area (TPSA) is 150 Å². The summed E-state index contributed by atoms with van der Waals surface area (Å²) in [5.74, 6) is -1.05. The number of benzene rings is 2. The van der Waals surface area contributed by atoms with Crippen LogP contribution in [0.1, 0.15) is 48.5 Å². The first-order valence-corrected chi connectivity index (χ1v) is 9.64. The normalized spacial score (nSPS) is 10.7. The SMILES string of the molecule is COC(=O)c1c(C)cc(C)c(N=CN)c1C.COC(=O)c1c(O)cc(C)c(N=CN)c1C. The summed E-state index contributed by atoms with van der Waals surface area (Å²) in [6.07, 6.45) is 2.37. The van der Waals surface area contributed by atoms with E-state index in [9.17, 15) is 14.7 Å². The Morgan fingerprint density at radius 1 is 0.781 bits per heavy atom. The van der Waals surface area contributed by atoms with E-state index in [2.05, 4.69) is 14.7 Å². The van der Waals surface area contributed by atoms with Crippen LogP contribution in [0.25, 0.3) is 0 Å². The molecule has 0 saturated carbocycles. The number of phenolic OH excluding ortho intramolecular Hbond substituents is 1. The first-order valence-electron chi connectivity index (χ1n) is 9.64. The third-order valence-electron chi connectivity index (χ3n) is 4.83. The number of ether oxygens (including phenoxy) is 2. The van der Waals surface area contributed by atoms with Crippen molar-refractivity contribution >= 4 is 36.0 Å². The average molecular weight is 443 g/mol. The van der Waals surface area contributed by atoms with Gasteiger partial charge in [-0.1, -0.05) is 6.07 Å². The molecule has 0 amide bonds. The number of carbonyl (C=O) groups is 2. The third-order valence-corrected chi connectivity index (χ3v) is 4.83. The molecule has 0 fully saturated rings. The van der Waals surface area contributed by atoms with E-state index in [0.717, 1.165) is 34.3 Å². The van der Waals surface area contributed by atoms with Crippen LogP contribution in [0, 0.1) is 34.6 Å². The zero-order valence-corrected chi connectivity index (χ0v) is 19.4. The molecule has 9 nitrogen and oxygen atoms in total. The van der Waals surface area contributed by atoms with Crippen molar-refractivity contribution < 1.29 is 24.2 Å². The predicted octanol–water partition coefficient (Wildman–Crippen LogP) is 3.43. The molecule has 2 aromatic carbocycles. The molecule has 0 bridgehead atoms.